The van der Waals surface area contributed by atoms with E-state index < -0.39 is 0 Å². The van der Waals surface area contributed by atoms with Gasteiger partial charge in [0.2, 0.25) is 0 Å². The van der Waals surface area contributed by atoms with E-state index in [1.165, 1.54) is 0 Å². The van der Waals surface area contributed by atoms with E-state index in [1.54, 1.807) is 19.5 Å². The zero-order chi connectivity index (χ0) is 7.82. The minimum absolute atomic E-state index is 0.945. The van der Waals surface area contributed by atoms with Crippen LogP contribution in [-0.2, 0) is 0 Å². The molecule has 0 atom stereocenters. The zero-order valence-electron chi connectivity index (χ0n) is 6.83. The Morgan fingerprint density at radius 3 is 2.70 bits per heavy atom. The van der Waals surface area contributed by atoms with Crippen LogP contribution in [0.2, 0.25) is 0 Å². The van der Waals surface area contributed by atoms with Gasteiger partial charge in [-0.3, -0.25) is 9.98 Å². The number of hydrogen-bond acceptors (Lipinski definition) is 2. The number of rotatable bonds is 3. The van der Waals surface area contributed by atoms with Crippen molar-refractivity contribution in [2.24, 2.45) is 9.98 Å². The minimum atomic E-state index is 0.945. The summed E-state index contributed by atoms with van der Waals surface area (Å²) in [7, 11) is 1.75. The highest BCUT2D eigenvalue weighted by molar-refractivity contribution is 6.29. The zero-order valence-corrected chi connectivity index (χ0v) is 6.83. The first-order chi connectivity index (χ1) is 4.81. The fraction of sp³-hybridized carbons (Fsp3) is 0.500. The standard InChI is InChI=1S/C8H14N2/c1-4-5-6-10-7-8(2)9-3/h5-7H,4H2,1-3H3/b6-5-,9-8?,10-7?. The third-order valence-electron chi connectivity index (χ3n) is 1.04. The van der Waals surface area contributed by atoms with Crippen molar-refractivity contribution in [1.29, 1.82) is 0 Å². The molecular formula is C8H14N2. The highest BCUT2D eigenvalue weighted by Gasteiger charge is 1.75. The Hall–Kier alpha value is -0.920. The van der Waals surface area contributed by atoms with Crippen LogP contribution in [0.1, 0.15) is 20.3 Å². The van der Waals surface area contributed by atoms with Crippen LogP contribution < -0.4 is 0 Å². The highest BCUT2D eigenvalue weighted by atomic mass is 14.7. The van der Waals surface area contributed by atoms with E-state index in [4.69, 9.17) is 0 Å². The molecule has 0 aromatic rings. The molecule has 0 fully saturated rings. The van der Waals surface area contributed by atoms with Crippen LogP contribution in [0, 0.1) is 0 Å². The van der Waals surface area contributed by atoms with Crippen LogP contribution in [0.25, 0.3) is 0 Å². The number of allylic oxidation sites excluding steroid dienone is 1. The van der Waals surface area contributed by atoms with E-state index in [1.807, 2.05) is 13.0 Å². The van der Waals surface area contributed by atoms with Crippen molar-refractivity contribution in [2.45, 2.75) is 20.3 Å². The summed E-state index contributed by atoms with van der Waals surface area (Å²) in [5.74, 6) is 0. The van der Waals surface area contributed by atoms with E-state index in [2.05, 4.69) is 16.9 Å². The Balaban J connectivity index is 3.66. The molecule has 0 aliphatic rings. The second kappa shape index (κ2) is 6.20. The lowest BCUT2D eigenvalue weighted by Crippen LogP contribution is -1.89. The molecular weight excluding hydrogens is 124 g/mol. The van der Waals surface area contributed by atoms with E-state index in [0.29, 0.717) is 0 Å². The fourth-order valence-electron chi connectivity index (χ4n) is 0.375. The van der Waals surface area contributed by atoms with Crippen molar-refractivity contribution in [3.8, 4) is 0 Å². The van der Waals surface area contributed by atoms with Crippen molar-refractivity contribution >= 4 is 11.9 Å². The molecule has 0 radical (unpaired) electrons. The number of hydrogen-bond donors (Lipinski definition) is 0. The van der Waals surface area contributed by atoms with Gasteiger partial charge in [0.25, 0.3) is 0 Å². The second-order valence-corrected chi connectivity index (χ2v) is 1.94. The summed E-state index contributed by atoms with van der Waals surface area (Å²) in [5.41, 5.74) is 0.945. The topological polar surface area (TPSA) is 24.7 Å². The molecule has 0 N–H and O–H groups in total. The minimum Gasteiger partial charge on any atom is -0.292 e. The largest absolute Gasteiger partial charge is 0.292 e. The van der Waals surface area contributed by atoms with Crippen LogP contribution >= 0.6 is 0 Å². The molecule has 0 amide bonds. The van der Waals surface area contributed by atoms with Crippen molar-refractivity contribution < 1.29 is 0 Å². The predicted octanol–water partition coefficient (Wildman–Crippen LogP) is 2.07. The van der Waals surface area contributed by atoms with Crippen LogP contribution in [-0.4, -0.2) is 19.0 Å². The lowest BCUT2D eigenvalue weighted by atomic mass is 10.4. The van der Waals surface area contributed by atoms with Gasteiger partial charge in [0.15, 0.2) is 0 Å². The van der Waals surface area contributed by atoms with Gasteiger partial charge in [0.05, 0.1) is 0 Å². The normalized spacial score (nSPS) is 13.7. The lowest BCUT2D eigenvalue weighted by molar-refractivity contribution is 1.21. The average Bonchev–Trinajstić information content (AvgIpc) is 1.98. The fourth-order valence-corrected chi connectivity index (χ4v) is 0.375. The van der Waals surface area contributed by atoms with Crippen LogP contribution in [0.15, 0.2) is 22.3 Å². The first-order valence-corrected chi connectivity index (χ1v) is 3.42. The third kappa shape index (κ3) is 5.22. The Morgan fingerprint density at radius 1 is 1.50 bits per heavy atom. The molecule has 0 spiro atoms. The molecule has 0 unspecified atom stereocenters. The summed E-state index contributed by atoms with van der Waals surface area (Å²) in [4.78, 5) is 7.92. The second-order valence-electron chi connectivity index (χ2n) is 1.94. The van der Waals surface area contributed by atoms with Crippen LogP contribution in [0.5, 0.6) is 0 Å². The maximum absolute atomic E-state index is 4.00. The first kappa shape index (κ1) is 9.08. The SMILES string of the molecule is CC/C=C\N=CC(C)=NC. The molecule has 0 bridgehead atoms. The van der Waals surface area contributed by atoms with Gasteiger partial charge in [0.1, 0.15) is 0 Å². The third-order valence-corrected chi connectivity index (χ3v) is 1.04. The van der Waals surface area contributed by atoms with Crippen molar-refractivity contribution in [3.05, 3.63) is 12.3 Å². The van der Waals surface area contributed by atoms with Gasteiger partial charge >= 0.3 is 0 Å². The summed E-state index contributed by atoms with van der Waals surface area (Å²) >= 11 is 0. The maximum Gasteiger partial charge on any atom is 0.0496 e. The molecule has 0 rings (SSSR count). The summed E-state index contributed by atoms with van der Waals surface area (Å²) in [5, 5.41) is 0. The average molecular weight is 138 g/mol. The van der Waals surface area contributed by atoms with E-state index >= 15 is 0 Å². The maximum atomic E-state index is 4.00. The van der Waals surface area contributed by atoms with Gasteiger partial charge in [-0.15, -0.1) is 0 Å². The summed E-state index contributed by atoms with van der Waals surface area (Å²) in [6.07, 6.45) is 6.56. The highest BCUT2D eigenvalue weighted by Crippen LogP contribution is 1.79. The quantitative estimate of drug-likeness (QED) is 0.533. The summed E-state index contributed by atoms with van der Waals surface area (Å²) in [6, 6.07) is 0. The predicted molar refractivity (Wildman–Crippen MR) is 47.0 cm³/mol. The van der Waals surface area contributed by atoms with E-state index in [9.17, 15) is 0 Å². The summed E-state index contributed by atoms with van der Waals surface area (Å²) in [6.45, 7) is 4.00. The van der Waals surface area contributed by atoms with Gasteiger partial charge in [-0.25, -0.2) is 0 Å². The molecule has 0 saturated heterocycles. The smallest absolute Gasteiger partial charge is 0.0496 e. The lowest BCUT2D eigenvalue weighted by Gasteiger charge is -1.82. The van der Waals surface area contributed by atoms with Crippen LogP contribution in [0.3, 0.4) is 0 Å². The van der Waals surface area contributed by atoms with Crippen molar-refractivity contribution in [1.82, 2.24) is 0 Å². The monoisotopic (exact) mass is 138 g/mol. The van der Waals surface area contributed by atoms with Gasteiger partial charge in [-0.05, 0) is 13.3 Å². The molecule has 0 aliphatic carbocycles. The van der Waals surface area contributed by atoms with Gasteiger partial charge in [-0.1, -0.05) is 13.0 Å². The first-order valence-electron chi connectivity index (χ1n) is 3.42. The van der Waals surface area contributed by atoms with Gasteiger partial charge < -0.3 is 0 Å². The Labute approximate surface area is 62.4 Å². The molecule has 0 saturated carbocycles. The molecule has 0 aromatic carbocycles. The molecule has 2 heteroatoms. The molecule has 0 heterocycles. The Bertz CT molecular complexity index is 155. The number of nitrogens with zero attached hydrogens (tertiary/aromatic N) is 2. The molecule has 56 valence electrons. The molecule has 2 nitrogen and oxygen atoms in total. The Kier molecular flexibility index (Phi) is 5.63. The van der Waals surface area contributed by atoms with Crippen molar-refractivity contribution in [2.75, 3.05) is 7.05 Å². The summed E-state index contributed by atoms with van der Waals surface area (Å²) < 4.78 is 0. The van der Waals surface area contributed by atoms with E-state index in [-0.39, 0.29) is 0 Å². The molecule has 0 aliphatic heterocycles. The van der Waals surface area contributed by atoms with E-state index in [0.717, 1.165) is 12.1 Å². The number of aliphatic imine (C=N–C) groups is 2. The van der Waals surface area contributed by atoms with Crippen LogP contribution in [0.4, 0.5) is 0 Å². The van der Waals surface area contributed by atoms with Crippen molar-refractivity contribution in [3.63, 3.8) is 0 Å². The molecule has 10 heavy (non-hydrogen) atoms. The molecule has 0 aromatic heterocycles. The Morgan fingerprint density at radius 2 is 2.20 bits per heavy atom. The van der Waals surface area contributed by atoms with Gasteiger partial charge in [-0.2, -0.15) is 0 Å². The van der Waals surface area contributed by atoms with Gasteiger partial charge in [0, 0.05) is 25.2 Å².